The molecule has 0 spiro atoms. The average molecular weight is 533 g/mol. The van der Waals surface area contributed by atoms with Gasteiger partial charge < -0.3 is 20.5 Å². The Morgan fingerprint density at radius 3 is 2.50 bits per heavy atom. The minimum atomic E-state index is -1.72. The predicted octanol–water partition coefficient (Wildman–Crippen LogP) is 2.49. The van der Waals surface area contributed by atoms with E-state index < -0.39 is 29.8 Å². The third-order valence-electron chi connectivity index (χ3n) is 5.02. The number of anilines is 2. The van der Waals surface area contributed by atoms with Crippen molar-refractivity contribution < 1.29 is 28.6 Å². The van der Waals surface area contributed by atoms with E-state index in [1.165, 1.54) is 12.4 Å². The van der Waals surface area contributed by atoms with Gasteiger partial charge >= 0.3 is 36.8 Å². The van der Waals surface area contributed by atoms with Gasteiger partial charge in [-0.3, -0.25) is 10.3 Å². The number of hydrogen-bond acceptors (Lipinski definition) is 10. The van der Waals surface area contributed by atoms with Crippen molar-refractivity contribution >= 4 is 69.5 Å². The number of rotatable bonds is 8. The molecule has 192 valence electrons. The summed E-state index contributed by atoms with van der Waals surface area (Å²) in [5.41, 5.74) is 1.53. The van der Waals surface area contributed by atoms with Crippen LogP contribution in [0.4, 0.5) is 20.3 Å². The molecule has 0 radical (unpaired) electrons. The molecule has 2 amide bonds. The molecule has 38 heavy (non-hydrogen) atoms. The number of aliphatic carboxylic acids is 1. The first-order chi connectivity index (χ1) is 17.8. The molecular weight excluding hydrogens is 512 g/mol. The van der Waals surface area contributed by atoms with Crippen molar-refractivity contribution in [3.8, 4) is 22.4 Å². The Kier molecular flexibility index (Phi) is 9.29. The van der Waals surface area contributed by atoms with Crippen molar-refractivity contribution in [1.29, 1.82) is 0 Å². The van der Waals surface area contributed by atoms with Crippen LogP contribution in [-0.4, -0.2) is 81.6 Å². The Morgan fingerprint density at radius 1 is 1.16 bits per heavy atom. The first-order valence-corrected chi connectivity index (χ1v) is 11.6. The van der Waals surface area contributed by atoms with Crippen LogP contribution in [0, 0.1) is 5.82 Å². The Bertz CT molecular complexity index is 1470. The van der Waals surface area contributed by atoms with Crippen molar-refractivity contribution in [1.82, 2.24) is 25.3 Å². The van der Waals surface area contributed by atoms with E-state index in [0.717, 1.165) is 18.4 Å². The number of carbonyl (C=O) groups is 3. The number of nitrogens with one attached hydrogen (secondary N) is 3. The average Bonchev–Trinajstić information content (AvgIpc) is 3.32. The topological polar surface area (TPSA) is 168 Å². The molecule has 4 N–H and O–H groups in total. The Balaban J connectivity index is 0.00000400. The first kappa shape index (κ1) is 28.4. The van der Waals surface area contributed by atoms with Crippen molar-refractivity contribution in [3.05, 3.63) is 48.7 Å². The Labute approximate surface area is 231 Å². The van der Waals surface area contributed by atoms with Gasteiger partial charge in [0.2, 0.25) is 12.0 Å². The van der Waals surface area contributed by atoms with Gasteiger partial charge in [-0.05, 0) is 25.1 Å². The molecule has 12 nitrogen and oxygen atoms in total. The summed E-state index contributed by atoms with van der Waals surface area (Å²) in [5, 5.41) is 17.0. The molecule has 4 rings (SSSR count). The van der Waals surface area contributed by atoms with E-state index in [1.54, 1.807) is 37.4 Å². The maximum absolute atomic E-state index is 15.7. The van der Waals surface area contributed by atoms with Crippen LogP contribution in [0.1, 0.15) is 6.92 Å². The number of urea groups is 1. The number of fused-ring (bicyclic) bond motifs is 1. The summed E-state index contributed by atoms with van der Waals surface area (Å²) in [6, 6.07) is 4.69. The van der Waals surface area contributed by atoms with Crippen LogP contribution in [0.3, 0.4) is 0 Å². The van der Waals surface area contributed by atoms with Gasteiger partial charge in [0.1, 0.15) is 5.52 Å². The van der Waals surface area contributed by atoms with Gasteiger partial charge in [-0.1, -0.05) is 17.4 Å². The van der Waals surface area contributed by atoms with Crippen molar-refractivity contribution in [2.45, 2.75) is 13.0 Å². The van der Waals surface area contributed by atoms with E-state index in [9.17, 15) is 19.5 Å². The number of aromatic nitrogens is 4. The Morgan fingerprint density at radius 2 is 1.89 bits per heavy atom. The van der Waals surface area contributed by atoms with E-state index in [1.807, 2.05) is 0 Å². The molecule has 0 aliphatic carbocycles. The SMILES string of the molecule is CCNC(=O)Nc1nc2c(F)c(-c3cnc(NC(C(=O)O)C(=O)OC)nc3)cc(-c3ccccn3)c2s1.[LiH]. The number of hydrogen-bond donors (Lipinski definition) is 4. The fraction of sp³-hybridized carbons (Fsp3) is 0.174. The predicted molar refractivity (Wildman–Crippen MR) is 141 cm³/mol. The maximum atomic E-state index is 15.7. The fourth-order valence-electron chi connectivity index (χ4n) is 3.34. The summed E-state index contributed by atoms with van der Waals surface area (Å²) in [6.45, 7) is 2.18. The van der Waals surface area contributed by atoms with Gasteiger partial charge in [-0.25, -0.2) is 33.7 Å². The van der Waals surface area contributed by atoms with Gasteiger partial charge in [0, 0.05) is 41.8 Å². The van der Waals surface area contributed by atoms with Gasteiger partial charge in [0.05, 0.1) is 17.5 Å². The number of halogens is 1. The number of carbonyl (C=O) groups excluding carboxylic acids is 2. The number of amides is 2. The van der Waals surface area contributed by atoms with Crippen LogP contribution in [-0.2, 0) is 14.3 Å². The molecule has 0 aliphatic rings. The summed E-state index contributed by atoms with van der Waals surface area (Å²) in [6.07, 6.45) is 4.15. The molecule has 1 atom stereocenters. The molecule has 0 saturated heterocycles. The number of methoxy groups -OCH3 is 1. The molecule has 0 bridgehead atoms. The molecule has 0 saturated carbocycles. The van der Waals surface area contributed by atoms with Gasteiger partial charge in [-0.15, -0.1) is 0 Å². The second-order valence-electron chi connectivity index (χ2n) is 7.42. The van der Waals surface area contributed by atoms with Crippen LogP contribution in [0.5, 0.6) is 0 Å². The van der Waals surface area contributed by atoms with Crippen LogP contribution < -0.4 is 16.0 Å². The monoisotopic (exact) mass is 533 g/mol. The summed E-state index contributed by atoms with van der Waals surface area (Å²) in [5.74, 6) is -3.35. The van der Waals surface area contributed by atoms with E-state index in [0.29, 0.717) is 22.5 Å². The molecule has 1 unspecified atom stereocenters. The van der Waals surface area contributed by atoms with Crippen LogP contribution in [0.15, 0.2) is 42.9 Å². The second-order valence-corrected chi connectivity index (χ2v) is 8.42. The van der Waals surface area contributed by atoms with E-state index >= 15 is 4.39 Å². The Hall–Kier alpha value is -4.12. The van der Waals surface area contributed by atoms with E-state index in [-0.39, 0.29) is 46.6 Å². The molecule has 1 aromatic carbocycles. The summed E-state index contributed by atoms with van der Waals surface area (Å²) in [7, 11) is 1.05. The number of ether oxygens (including phenoxy) is 1. The van der Waals surface area contributed by atoms with Crippen LogP contribution in [0.2, 0.25) is 0 Å². The number of thiazole rings is 1. The number of nitrogens with zero attached hydrogens (tertiary/aromatic N) is 4. The quantitative estimate of drug-likeness (QED) is 0.150. The standard InChI is InChI=1S/C23H20FN7O5S.Li.H/c1-3-25-22(35)31-23-30-16-15(24)12(8-13(18(16)37-23)14-6-4-5-7-26-14)11-9-27-21(28-10-11)29-17(19(32)33)20(34)36-2;;/h4-10,17H,3H2,1-2H3,(H,32,33)(H,27,28,29)(H2,25,30,31,35);;. The van der Waals surface area contributed by atoms with Gasteiger partial charge in [0.15, 0.2) is 10.9 Å². The van der Waals surface area contributed by atoms with E-state index in [2.05, 4.69) is 40.6 Å². The van der Waals surface area contributed by atoms with Crippen molar-refractivity contribution in [3.63, 3.8) is 0 Å². The zero-order valence-electron chi connectivity index (χ0n) is 19.5. The first-order valence-electron chi connectivity index (χ1n) is 10.8. The molecule has 15 heteroatoms. The summed E-state index contributed by atoms with van der Waals surface area (Å²) in [4.78, 5) is 51.7. The third kappa shape index (κ3) is 6.05. The fourth-order valence-corrected chi connectivity index (χ4v) is 4.32. The number of pyridine rings is 1. The summed E-state index contributed by atoms with van der Waals surface area (Å²) >= 11 is 1.10. The molecular formula is C23H21FLiN7O5S. The zero-order valence-corrected chi connectivity index (χ0v) is 20.3. The van der Waals surface area contributed by atoms with Gasteiger partial charge in [0.25, 0.3) is 0 Å². The number of carboxylic acids is 1. The minimum absolute atomic E-state index is 0. The van der Waals surface area contributed by atoms with Crippen molar-refractivity contribution in [2.24, 2.45) is 0 Å². The van der Waals surface area contributed by atoms with Crippen molar-refractivity contribution in [2.75, 3.05) is 24.3 Å². The molecule has 3 aromatic heterocycles. The normalized spacial score (nSPS) is 11.2. The molecule has 4 aromatic rings. The second kappa shape index (κ2) is 12.4. The molecule has 0 aliphatic heterocycles. The summed E-state index contributed by atoms with van der Waals surface area (Å²) < 4.78 is 20.6. The number of carboxylic acid groups (broad SMARTS) is 1. The number of esters is 1. The molecule has 3 heterocycles. The van der Waals surface area contributed by atoms with E-state index in [4.69, 9.17) is 0 Å². The van der Waals surface area contributed by atoms with Crippen LogP contribution >= 0.6 is 11.3 Å². The van der Waals surface area contributed by atoms with Crippen LogP contribution in [0.25, 0.3) is 32.6 Å². The van der Waals surface area contributed by atoms with Gasteiger partial charge in [-0.2, -0.15) is 0 Å². The molecule has 0 fully saturated rings. The third-order valence-corrected chi connectivity index (χ3v) is 6.03. The number of benzene rings is 1. The zero-order chi connectivity index (χ0) is 26.5.